The molecule has 1 aliphatic rings. The highest BCUT2D eigenvalue weighted by molar-refractivity contribution is 6.30. The van der Waals surface area contributed by atoms with E-state index < -0.39 is 0 Å². The van der Waals surface area contributed by atoms with Gasteiger partial charge in [-0.25, -0.2) is 4.39 Å². The van der Waals surface area contributed by atoms with E-state index in [-0.39, 0.29) is 5.82 Å². The molecule has 1 fully saturated rings. The van der Waals surface area contributed by atoms with Gasteiger partial charge in [0.2, 0.25) is 0 Å². The highest BCUT2D eigenvalue weighted by Gasteiger charge is 2.20. The Morgan fingerprint density at radius 3 is 2.39 bits per heavy atom. The number of ether oxygens (including phenoxy) is 1. The first-order valence-corrected chi connectivity index (χ1v) is 10.7. The van der Waals surface area contributed by atoms with Gasteiger partial charge in [0.05, 0.1) is 5.56 Å². The second-order valence-electron chi connectivity index (χ2n) is 7.66. The van der Waals surface area contributed by atoms with Crippen molar-refractivity contribution in [3.05, 3.63) is 70.0 Å². The van der Waals surface area contributed by atoms with Crippen LogP contribution >= 0.6 is 11.6 Å². The molecule has 0 N–H and O–H groups in total. The molecule has 2 aromatic carbocycles. The van der Waals surface area contributed by atoms with E-state index in [1.807, 2.05) is 12.1 Å². The van der Waals surface area contributed by atoms with Crippen LogP contribution < -0.4 is 0 Å². The van der Waals surface area contributed by atoms with Crippen molar-refractivity contribution < 1.29 is 9.13 Å². The van der Waals surface area contributed by atoms with E-state index in [0.717, 1.165) is 37.0 Å². The zero-order valence-corrected chi connectivity index (χ0v) is 17.3. The van der Waals surface area contributed by atoms with Crippen LogP contribution in [-0.4, -0.2) is 13.2 Å². The molecule has 148 valence electrons. The normalized spacial score (nSPS) is 19.1. The Labute approximate surface area is 173 Å². The highest BCUT2D eigenvalue weighted by Crippen LogP contribution is 2.31. The topological polar surface area (TPSA) is 9.23 Å². The molecule has 0 heterocycles. The summed E-state index contributed by atoms with van der Waals surface area (Å²) < 4.78 is 19.4. The van der Waals surface area contributed by atoms with E-state index in [1.54, 1.807) is 12.1 Å². The van der Waals surface area contributed by atoms with Gasteiger partial charge < -0.3 is 4.74 Å². The quantitative estimate of drug-likeness (QED) is 0.494. The van der Waals surface area contributed by atoms with Crippen molar-refractivity contribution in [2.45, 2.75) is 45.4 Å². The van der Waals surface area contributed by atoms with Gasteiger partial charge in [0.15, 0.2) is 0 Å². The summed E-state index contributed by atoms with van der Waals surface area (Å²) in [6.07, 6.45) is 7.63. The summed E-state index contributed by atoms with van der Waals surface area (Å²) in [5.74, 6) is 7.13. The Hall–Kier alpha value is -1.82. The van der Waals surface area contributed by atoms with Crippen LogP contribution in [0.2, 0.25) is 5.02 Å². The lowest BCUT2D eigenvalue weighted by Gasteiger charge is -2.28. The average molecular weight is 399 g/mol. The molecule has 1 aliphatic carbocycles. The molecule has 28 heavy (non-hydrogen) atoms. The molecule has 3 rings (SSSR count). The van der Waals surface area contributed by atoms with Gasteiger partial charge in [-0.2, -0.15) is 0 Å². The lowest BCUT2D eigenvalue weighted by atomic mass is 9.80. The smallest absolute Gasteiger partial charge is 0.140 e. The second-order valence-corrected chi connectivity index (χ2v) is 8.09. The SMILES string of the molecule is CCOCC1CCC(CCc2ccc(C#Cc3ccc(Cl)cc3F)cc2)CC1. The average Bonchev–Trinajstić information content (AvgIpc) is 2.71. The Morgan fingerprint density at radius 2 is 1.71 bits per heavy atom. The van der Waals surface area contributed by atoms with Crippen molar-refractivity contribution >= 4 is 11.6 Å². The molecule has 0 unspecified atom stereocenters. The van der Waals surface area contributed by atoms with Crippen LogP contribution in [-0.2, 0) is 11.2 Å². The third kappa shape index (κ3) is 6.36. The standard InChI is InChI=1S/C25H28ClFO/c1-2-28-18-22-11-9-20(10-12-22)4-3-19-5-7-21(8-6-19)13-14-23-15-16-24(26)17-25(23)27/h5-8,15-17,20,22H,2-4,9-12,18H2,1H3. The van der Waals surface area contributed by atoms with Gasteiger partial charge in [0.25, 0.3) is 0 Å². The Balaban J connectivity index is 1.47. The lowest BCUT2D eigenvalue weighted by molar-refractivity contribution is 0.0856. The summed E-state index contributed by atoms with van der Waals surface area (Å²) in [7, 11) is 0. The van der Waals surface area contributed by atoms with E-state index in [0.29, 0.717) is 10.6 Å². The van der Waals surface area contributed by atoms with Crippen molar-refractivity contribution in [1.82, 2.24) is 0 Å². The summed E-state index contributed by atoms with van der Waals surface area (Å²) in [5.41, 5.74) is 2.61. The molecular formula is C25H28ClFO. The fraction of sp³-hybridized carbons (Fsp3) is 0.440. The molecular weight excluding hydrogens is 371 g/mol. The predicted octanol–water partition coefficient (Wildman–Crippen LogP) is 6.65. The number of halogens is 2. The molecule has 0 radical (unpaired) electrons. The molecule has 0 amide bonds. The summed E-state index contributed by atoms with van der Waals surface area (Å²) in [4.78, 5) is 0. The van der Waals surface area contributed by atoms with Crippen LogP contribution in [0.5, 0.6) is 0 Å². The van der Waals surface area contributed by atoms with E-state index >= 15 is 0 Å². The first-order valence-electron chi connectivity index (χ1n) is 10.3. The van der Waals surface area contributed by atoms with Crippen LogP contribution in [0.25, 0.3) is 0 Å². The van der Waals surface area contributed by atoms with Gasteiger partial charge in [-0.3, -0.25) is 0 Å². The molecule has 0 bridgehead atoms. The first-order chi connectivity index (χ1) is 13.6. The zero-order chi connectivity index (χ0) is 19.8. The predicted molar refractivity (Wildman–Crippen MR) is 114 cm³/mol. The molecule has 0 atom stereocenters. The Kier molecular flexibility index (Phi) is 7.95. The van der Waals surface area contributed by atoms with E-state index in [1.165, 1.54) is 43.7 Å². The van der Waals surface area contributed by atoms with Crippen molar-refractivity contribution in [1.29, 1.82) is 0 Å². The second kappa shape index (κ2) is 10.6. The number of benzene rings is 2. The maximum atomic E-state index is 13.8. The van der Waals surface area contributed by atoms with Gasteiger partial charge in [-0.1, -0.05) is 48.4 Å². The molecule has 2 aromatic rings. The fourth-order valence-corrected chi connectivity index (χ4v) is 3.99. The summed E-state index contributed by atoms with van der Waals surface area (Å²) in [6, 6.07) is 12.9. The van der Waals surface area contributed by atoms with Crippen molar-refractivity contribution in [3.8, 4) is 11.8 Å². The van der Waals surface area contributed by atoms with Gasteiger partial charge in [0, 0.05) is 23.8 Å². The fourth-order valence-electron chi connectivity index (χ4n) is 3.83. The molecule has 0 aliphatic heterocycles. The molecule has 0 saturated heterocycles. The van der Waals surface area contributed by atoms with Crippen molar-refractivity contribution in [3.63, 3.8) is 0 Å². The van der Waals surface area contributed by atoms with Gasteiger partial charge in [-0.05, 0) is 80.3 Å². The minimum Gasteiger partial charge on any atom is -0.381 e. The van der Waals surface area contributed by atoms with Crippen molar-refractivity contribution in [2.24, 2.45) is 11.8 Å². The summed E-state index contributed by atoms with van der Waals surface area (Å²) >= 11 is 5.77. The largest absolute Gasteiger partial charge is 0.381 e. The van der Waals surface area contributed by atoms with Gasteiger partial charge in [0.1, 0.15) is 5.82 Å². The number of hydrogen-bond donors (Lipinski definition) is 0. The zero-order valence-electron chi connectivity index (χ0n) is 16.5. The molecule has 0 spiro atoms. The maximum Gasteiger partial charge on any atom is 0.140 e. The molecule has 3 heteroatoms. The number of hydrogen-bond acceptors (Lipinski definition) is 1. The summed E-state index contributed by atoms with van der Waals surface area (Å²) in [6.45, 7) is 3.83. The Bertz CT molecular complexity index is 811. The molecule has 1 nitrogen and oxygen atoms in total. The monoisotopic (exact) mass is 398 g/mol. The van der Waals surface area contributed by atoms with Crippen LogP contribution in [0, 0.1) is 29.5 Å². The highest BCUT2D eigenvalue weighted by atomic mass is 35.5. The minimum absolute atomic E-state index is 0.369. The molecule has 1 saturated carbocycles. The Morgan fingerprint density at radius 1 is 1.00 bits per heavy atom. The number of aryl methyl sites for hydroxylation is 1. The van der Waals surface area contributed by atoms with E-state index in [4.69, 9.17) is 16.3 Å². The third-order valence-corrected chi connectivity index (χ3v) is 5.83. The van der Waals surface area contributed by atoms with E-state index in [9.17, 15) is 4.39 Å². The number of rotatable bonds is 6. The van der Waals surface area contributed by atoms with Crippen LogP contribution in [0.4, 0.5) is 4.39 Å². The first kappa shape index (κ1) is 20.9. The maximum absolute atomic E-state index is 13.8. The van der Waals surface area contributed by atoms with Gasteiger partial charge >= 0.3 is 0 Å². The van der Waals surface area contributed by atoms with Crippen molar-refractivity contribution in [2.75, 3.05) is 13.2 Å². The van der Waals surface area contributed by atoms with E-state index in [2.05, 4.69) is 30.9 Å². The van der Waals surface area contributed by atoms with Crippen LogP contribution in [0.15, 0.2) is 42.5 Å². The third-order valence-electron chi connectivity index (χ3n) is 5.59. The minimum atomic E-state index is -0.382. The van der Waals surface area contributed by atoms with Crippen LogP contribution in [0.1, 0.15) is 55.7 Å². The van der Waals surface area contributed by atoms with Gasteiger partial charge in [-0.15, -0.1) is 0 Å². The van der Waals surface area contributed by atoms with Crippen LogP contribution in [0.3, 0.4) is 0 Å². The molecule has 0 aromatic heterocycles. The lowest BCUT2D eigenvalue weighted by Crippen LogP contribution is -2.19. The summed E-state index contributed by atoms with van der Waals surface area (Å²) in [5, 5.41) is 0.384.